The lowest BCUT2D eigenvalue weighted by atomic mass is 9.76. The van der Waals surface area contributed by atoms with Crippen LogP contribution < -0.4 is 5.73 Å². The maximum absolute atomic E-state index is 6.47. The molecule has 2 aromatic rings. The van der Waals surface area contributed by atoms with E-state index in [9.17, 15) is 0 Å². The summed E-state index contributed by atoms with van der Waals surface area (Å²) >= 11 is 3.26. The Kier molecular flexibility index (Phi) is 3.69. The molecule has 0 saturated heterocycles. The van der Waals surface area contributed by atoms with E-state index in [4.69, 9.17) is 14.7 Å². The molecule has 2 N–H and O–H groups in total. The molecule has 1 aliphatic rings. The highest BCUT2D eigenvalue weighted by Gasteiger charge is 2.37. The quantitative estimate of drug-likeness (QED) is 0.918. The van der Waals surface area contributed by atoms with Crippen molar-refractivity contribution in [1.29, 1.82) is 0 Å². The van der Waals surface area contributed by atoms with Gasteiger partial charge in [-0.25, -0.2) is 0 Å². The molecule has 1 saturated carbocycles. The summed E-state index contributed by atoms with van der Waals surface area (Å²) in [7, 11) is 0. The average molecular weight is 340 g/mol. The fourth-order valence-corrected chi connectivity index (χ4v) is 3.09. The molecule has 20 heavy (non-hydrogen) atoms. The third kappa shape index (κ3) is 2.54. The third-order valence-corrected chi connectivity index (χ3v) is 4.66. The van der Waals surface area contributed by atoms with Gasteiger partial charge in [0.25, 0.3) is 5.89 Å². The van der Waals surface area contributed by atoms with E-state index in [1.807, 2.05) is 0 Å². The number of halogens is 1. The number of nitrogens with zero attached hydrogens (tertiary/aromatic N) is 2. The fourth-order valence-electron chi connectivity index (χ4n) is 2.78. The number of rotatable bonds is 3. The van der Waals surface area contributed by atoms with Gasteiger partial charge in [-0.05, 0) is 59.7 Å². The van der Waals surface area contributed by atoms with Crippen LogP contribution in [0.5, 0.6) is 0 Å². The molecular weight excluding hydrogens is 322 g/mol. The van der Waals surface area contributed by atoms with E-state index in [1.54, 1.807) is 12.1 Å². The van der Waals surface area contributed by atoms with E-state index in [0.29, 0.717) is 22.1 Å². The SMILES string of the molecule is CCC1CCC(N)(c2noc(-c3ccc(Br)o3)n2)CC1. The summed E-state index contributed by atoms with van der Waals surface area (Å²) in [5.74, 6) is 2.31. The van der Waals surface area contributed by atoms with Crippen molar-refractivity contribution in [2.24, 2.45) is 11.7 Å². The highest BCUT2D eigenvalue weighted by atomic mass is 79.9. The molecule has 5 nitrogen and oxygen atoms in total. The number of hydrogen-bond donors (Lipinski definition) is 1. The molecule has 1 fully saturated rings. The van der Waals surface area contributed by atoms with Crippen LogP contribution in [0.15, 0.2) is 25.7 Å². The second-order valence-electron chi connectivity index (χ2n) is 5.53. The van der Waals surface area contributed by atoms with Crippen molar-refractivity contribution in [1.82, 2.24) is 10.1 Å². The molecule has 108 valence electrons. The molecule has 0 amide bonds. The minimum absolute atomic E-state index is 0.383. The molecule has 0 radical (unpaired) electrons. The van der Waals surface area contributed by atoms with E-state index < -0.39 is 5.54 Å². The first kappa shape index (κ1) is 13.8. The molecule has 0 spiro atoms. The molecule has 0 aromatic carbocycles. The summed E-state index contributed by atoms with van der Waals surface area (Å²) < 4.78 is 11.3. The molecular formula is C14H18BrN3O2. The van der Waals surface area contributed by atoms with Gasteiger partial charge in [-0.15, -0.1) is 0 Å². The first-order chi connectivity index (χ1) is 9.60. The first-order valence-corrected chi connectivity index (χ1v) is 7.79. The summed E-state index contributed by atoms with van der Waals surface area (Å²) in [6.07, 6.45) is 5.29. The van der Waals surface area contributed by atoms with Gasteiger partial charge in [0.15, 0.2) is 16.3 Å². The zero-order chi connectivity index (χ0) is 14.2. The van der Waals surface area contributed by atoms with Crippen LogP contribution in [0.4, 0.5) is 0 Å². The molecule has 0 bridgehead atoms. The normalized spacial score (nSPS) is 26.9. The van der Waals surface area contributed by atoms with Crippen molar-refractivity contribution >= 4 is 15.9 Å². The van der Waals surface area contributed by atoms with Crippen LogP contribution in [0.1, 0.15) is 44.9 Å². The fraction of sp³-hybridized carbons (Fsp3) is 0.571. The average Bonchev–Trinajstić information content (AvgIpc) is 3.08. The van der Waals surface area contributed by atoms with Gasteiger partial charge in [-0.2, -0.15) is 4.98 Å². The monoisotopic (exact) mass is 339 g/mol. The summed E-state index contributed by atoms with van der Waals surface area (Å²) in [6, 6.07) is 3.59. The van der Waals surface area contributed by atoms with Crippen LogP contribution >= 0.6 is 15.9 Å². The Hall–Kier alpha value is -1.14. The van der Waals surface area contributed by atoms with Gasteiger partial charge >= 0.3 is 0 Å². The maximum atomic E-state index is 6.47. The Morgan fingerprint density at radius 2 is 2.15 bits per heavy atom. The summed E-state index contributed by atoms with van der Waals surface area (Å²) in [5.41, 5.74) is 6.01. The largest absolute Gasteiger partial charge is 0.444 e. The van der Waals surface area contributed by atoms with Gasteiger partial charge in [0.2, 0.25) is 0 Å². The van der Waals surface area contributed by atoms with Gasteiger partial charge in [0.1, 0.15) is 0 Å². The Morgan fingerprint density at radius 1 is 1.40 bits per heavy atom. The van der Waals surface area contributed by atoms with E-state index in [1.165, 1.54) is 6.42 Å². The summed E-state index contributed by atoms with van der Waals surface area (Å²) in [4.78, 5) is 4.42. The summed E-state index contributed by atoms with van der Waals surface area (Å²) in [5, 5.41) is 4.06. The Morgan fingerprint density at radius 3 is 2.75 bits per heavy atom. The highest BCUT2D eigenvalue weighted by molar-refractivity contribution is 9.10. The molecule has 0 atom stereocenters. The molecule has 2 aromatic heterocycles. The van der Waals surface area contributed by atoms with E-state index in [0.717, 1.165) is 31.6 Å². The number of hydrogen-bond acceptors (Lipinski definition) is 5. The maximum Gasteiger partial charge on any atom is 0.293 e. The van der Waals surface area contributed by atoms with E-state index >= 15 is 0 Å². The lowest BCUT2D eigenvalue weighted by Gasteiger charge is -2.34. The van der Waals surface area contributed by atoms with Crippen molar-refractivity contribution in [3.63, 3.8) is 0 Å². The van der Waals surface area contributed by atoms with Crippen LogP contribution in [-0.4, -0.2) is 10.1 Å². The van der Waals surface area contributed by atoms with Crippen molar-refractivity contribution in [2.45, 2.75) is 44.6 Å². The zero-order valence-corrected chi connectivity index (χ0v) is 13.0. The van der Waals surface area contributed by atoms with E-state index in [2.05, 4.69) is 33.0 Å². The van der Waals surface area contributed by atoms with Crippen molar-refractivity contribution in [2.75, 3.05) is 0 Å². The van der Waals surface area contributed by atoms with Gasteiger partial charge in [-0.1, -0.05) is 18.5 Å². The number of nitrogens with two attached hydrogens (primary N) is 1. The third-order valence-electron chi connectivity index (χ3n) is 4.23. The molecule has 1 aliphatic carbocycles. The summed E-state index contributed by atoms with van der Waals surface area (Å²) in [6.45, 7) is 2.23. The predicted octanol–water partition coefficient (Wildman–Crippen LogP) is 3.85. The predicted molar refractivity (Wildman–Crippen MR) is 77.8 cm³/mol. The smallest absolute Gasteiger partial charge is 0.293 e. The minimum atomic E-state index is -0.461. The van der Waals surface area contributed by atoms with Gasteiger partial charge in [0.05, 0.1) is 5.54 Å². The van der Waals surface area contributed by atoms with Crippen LogP contribution in [0, 0.1) is 5.92 Å². The van der Waals surface area contributed by atoms with Crippen molar-refractivity contribution < 1.29 is 8.94 Å². The number of aromatic nitrogens is 2. The highest BCUT2D eigenvalue weighted by Crippen LogP contribution is 2.38. The van der Waals surface area contributed by atoms with Gasteiger partial charge in [-0.3, -0.25) is 0 Å². The topological polar surface area (TPSA) is 78.1 Å². The van der Waals surface area contributed by atoms with E-state index in [-0.39, 0.29) is 0 Å². The molecule has 6 heteroatoms. The standard InChI is InChI=1S/C14H18BrN3O2/c1-2-9-5-7-14(16,8-6-9)13-17-12(20-18-13)10-3-4-11(15)19-10/h3-4,9H,2,5-8,16H2,1H3. The Balaban J connectivity index is 1.80. The lowest BCUT2D eigenvalue weighted by Crippen LogP contribution is -2.41. The lowest BCUT2D eigenvalue weighted by molar-refractivity contribution is 0.216. The molecule has 3 rings (SSSR count). The minimum Gasteiger partial charge on any atom is -0.444 e. The van der Waals surface area contributed by atoms with Gasteiger partial charge < -0.3 is 14.7 Å². The Labute approximate surface area is 126 Å². The molecule has 0 aliphatic heterocycles. The van der Waals surface area contributed by atoms with Crippen LogP contribution in [-0.2, 0) is 5.54 Å². The van der Waals surface area contributed by atoms with Crippen LogP contribution in [0.2, 0.25) is 0 Å². The second-order valence-corrected chi connectivity index (χ2v) is 6.32. The van der Waals surface area contributed by atoms with Gasteiger partial charge in [0, 0.05) is 0 Å². The molecule has 0 unspecified atom stereocenters. The van der Waals surface area contributed by atoms with Crippen molar-refractivity contribution in [3.05, 3.63) is 22.6 Å². The van der Waals surface area contributed by atoms with Crippen LogP contribution in [0.25, 0.3) is 11.7 Å². The first-order valence-electron chi connectivity index (χ1n) is 6.99. The number of furan rings is 1. The second kappa shape index (κ2) is 5.33. The van der Waals surface area contributed by atoms with Crippen molar-refractivity contribution in [3.8, 4) is 11.7 Å². The zero-order valence-electron chi connectivity index (χ0n) is 11.4. The van der Waals surface area contributed by atoms with Crippen LogP contribution in [0.3, 0.4) is 0 Å². The molecule has 2 heterocycles. The Bertz CT molecular complexity index is 585.